The minimum Gasteiger partial charge on any atom is -0.463 e. The van der Waals surface area contributed by atoms with Crippen molar-refractivity contribution >= 4 is 27.5 Å². The van der Waals surface area contributed by atoms with Crippen LogP contribution in [0.15, 0.2) is 22.8 Å². The van der Waals surface area contributed by atoms with Crippen LogP contribution in [0.25, 0.3) is 10.3 Å². The van der Waals surface area contributed by atoms with Crippen molar-refractivity contribution in [1.29, 1.82) is 0 Å². The minimum absolute atomic E-state index is 0.0499. The van der Waals surface area contributed by atoms with E-state index < -0.39 is 0 Å². The fraction of sp³-hybridized carbons (Fsp3) is 0.588. The highest BCUT2D eigenvalue weighted by Gasteiger charge is 2.25. The zero-order valence-electron chi connectivity index (χ0n) is 12.7. The van der Waals surface area contributed by atoms with Gasteiger partial charge in [-0.3, -0.25) is 4.79 Å². The van der Waals surface area contributed by atoms with E-state index in [1.54, 1.807) is 6.26 Å². The number of carbonyl (C=O) groups is 1. The Bertz CT molecular complexity index is 622. The van der Waals surface area contributed by atoms with Gasteiger partial charge in [0.15, 0.2) is 0 Å². The Hall–Kier alpha value is -1.33. The van der Waals surface area contributed by atoms with E-state index in [0.29, 0.717) is 6.04 Å². The zero-order chi connectivity index (χ0) is 14.9. The van der Waals surface area contributed by atoms with E-state index >= 15 is 0 Å². The van der Waals surface area contributed by atoms with Crippen molar-refractivity contribution in [1.82, 2.24) is 10.2 Å². The van der Waals surface area contributed by atoms with E-state index in [1.165, 1.54) is 37.1 Å². The van der Waals surface area contributed by atoms with Gasteiger partial charge in [0, 0.05) is 31.7 Å². The van der Waals surface area contributed by atoms with Gasteiger partial charge < -0.3 is 14.6 Å². The van der Waals surface area contributed by atoms with Crippen LogP contribution < -0.4 is 5.32 Å². The summed E-state index contributed by atoms with van der Waals surface area (Å²) in [5.41, 5.74) is 0.811. The third kappa shape index (κ3) is 2.92. The lowest BCUT2D eigenvalue weighted by molar-refractivity contribution is 0.0899. The molecule has 1 aliphatic heterocycles. The van der Waals surface area contributed by atoms with Gasteiger partial charge in [-0.15, -0.1) is 11.3 Å². The van der Waals surface area contributed by atoms with Gasteiger partial charge >= 0.3 is 0 Å². The summed E-state index contributed by atoms with van der Waals surface area (Å²) < 4.78 is 6.37. The monoisotopic (exact) mass is 318 g/mol. The molecule has 0 bridgehead atoms. The van der Waals surface area contributed by atoms with Gasteiger partial charge in [-0.2, -0.15) is 0 Å². The average Bonchev–Trinajstić information content (AvgIpc) is 3.05. The van der Waals surface area contributed by atoms with Crippen LogP contribution in [0.5, 0.6) is 0 Å². The summed E-state index contributed by atoms with van der Waals surface area (Å²) in [5.74, 6) is 0.988. The molecule has 0 aromatic carbocycles. The van der Waals surface area contributed by atoms with Crippen LogP contribution >= 0.6 is 11.3 Å². The van der Waals surface area contributed by atoms with E-state index in [4.69, 9.17) is 4.42 Å². The number of hydrogen-bond acceptors (Lipinski definition) is 4. The number of nitrogens with zero attached hydrogens (tertiary/aromatic N) is 1. The molecular weight excluding hydrogens is 296 g/mol. The second-order valence-corrected chi connectivity index (χ2v) is 7.69. The van der Waals surface area contributed by atoms with E-state index in [1.807, 2.05) is 12.1 Å². The van der Waals surface area contributed by atoms with Crippen molar-refractivity contribution in [3.63, 3.8) is 0 Å². The molecule has 5 heteroatoms. The number of thiophene rings is 1. The molecule has 1 aliphatic carbocycles. The molecule has 3 heterocycles. The first-order valence-corrected chi connectivity index (χ1v) is 9.10. The summed E-state index contributed by atoms with van der Waals surface area (Å²) in [6, 6.07) is 4.08. The molecule has 4 nitrogen and oxygen atoms in total. The molecular formula is C17H22N2O2S. The summed E-state index contributed by atoms with van der Waals surface area (Å²) in [6.07, 6.45) is 8.05. The largest absolute Gasteiger partial charge is 0.463 e. The van der Waals surface area contributed by atoms with Crippen molar-refractivity contribution < 1.29 is 9.21 Å². The summed E-state index contributed by atoms with van der Waals surface area (Å²) in [6.45, 7) is 3.50. The Morgan fingerprint density at radius 2 is 2.14 bits per heavy atom. The van der Waals surface area contributed by atoms with Gasteiger partial charge in [0.05, 0.1) is 15.8 Å². The third-order valence-corrected chi connectivity index (χ3v) is 6.11. The van der Waals surface area contributed by atoms with E-state index in [9.17, 15) is 4.79 Å². The molecule has 0 spiro atoms. The van der Waals surface area contributed by atoms with Gasteiger partial charge in [0.25, 0.3) is 5.91 Å². The SMILES string of the molecule is O=C(NC1CCN(CC2CCC2)CC1)c1cc2occc2s1. The van der Waals surface area contributed by atoms with Gasteiger partial charge in [0.2, 0.25) is 0 Å². The van der Waals surface area contributed by atoms with E-state index in [-0.39, 0.29) is 5.91 Å². The van der Waals surface area contributed by atoms with Crippen molar-refractivity contribution in [2.75, 3.05) is 19.6 Å². The number of carbonyl (C=O) groups excluding carboxylic acids is 1. The Morgan fingerprint density at radius 1 is 1.32 bits per heavy atom. The average molecular weight is 318 g/mol. The molecule has 0 atom stereocenters. The van der Waals surface area contributed by atoms with E-state index in [0.717, 1.165) is 47.0 Å². The van der Waals surface area contributed by atoms with Crippen molar-refractivity contribution in [3.05, 3.63) is 23.3 Å². The number of rotatable bonds is 4. The second kappa shape index (κ2) is 6.05. The lowest BCUT2D eigenvalue weighted by atomic mass is 9.84. The number of likely N-dealkylation sites (tertiary alicyclic amines) is 1. The summed E-state index contributed by atoms with van der Waals surface area (Å²) in [7, 11) is 0. The molecule has 2 aliphatic rings. The first-order valence-electron chi connectivity index (χ1n) is 8.28. The lowest BCUT2D eigenvalue weighted by Crippen LogP contribution is -2.46. The van der Waals surface area contributed by atoms with Crippen LogP contribution in [0.4, 0.5) is 0 Å². The maximum atomic E-state index is 12.3. The van der Waals surface area contributed by atoms with Crippen LogP contribution in [-0.4, -0.2) is 36.5 Å². The number of hydrogen-bond donors (Lipinski definition) is 1. The lowest BCUT2D eigenvalue weighted by Gasteiger charge is -2.37. The molecule has 2 aromatic heterocycles. The van der Waals surface area contributed by atoms with Crippen LogP contribution in [0.2, 0.25) is 0 Å². The van der Waals surface area contributed by atoms with Gasteiger partial charge in [-0.25, -0.2) is 0 Å². The molecule has 4 rings (SSSR count). The van der Waals surface area contributed by atoms with Crippen LogP contribution in [0.1, 0.15) is 41.8 Å². The standard InChI is InChI=1S/C17H22N2O2S/c20-17(16-10-14-15(22-16)6-9-21-14)18-13-4-7-19(8-5-13)11-12-2-1-3-12/h6,9-10,12-13H,1-5,7-8,11H2,(H,18,20). The molecule has 118 valence electrons. The number of piperidine rings is 1. The predicted octanol–water partition coefficient (Wildman–Crippen LogP) is 3.49. The Morgan fingerprint density at radius 3 is 2.82 bits per heavy atom. The van der Waals surface area contributed by atoms with Crippen LogP contribution in [0, 0.1) is 5.92 Å². The highest BCUT2D eigenvalue weighted by molar-refractivity contribution is 7.20. The predicted molar refractivity (Wildman–Crippen MR) is 88.4 cm³/mol. The quantitative estimate of drug-likeness (QED) is 0.938. The Kier molecular flexibility index (Phi) is 3.92. The highest BCUT2D eigenvalue weighted by atomic mass is 32.1. The first-order chi connectivity index (χ1) is 10.8. The summed E-state index contributed by atoms with van der Waals surface area (Å²) >= 11 is 1.50. The number of fused-ring (bicyclic) bond motifs is 1. The molecule has 1 saturated heterocycles. The van der Waals surface area contributed by atoms with Crippen molar-refractivity contribution in [3.8, 4) is 0 Å². The molecule has 1 amide bonds. The number of amides is 1. The molecule has 22 heavy (non-hydrogen) atoms. The zero-order valence-corrected chi connectivity index (χ0v) is 13.5. The van der Waals surface area contributed by atoms with Crippen LogP contribution in [-0.2, 0) is 0 Å². The van der Waals surface area contributed by atoms with Gasteiger partial charge in [-0.1, -0.05) is 6.42 Å². The molecule has 2 fully saturated rings. The first kappa shape index (κ1) is 14.3. The Balaban J connectivity index is 1.28. The summed E-state index contributed by atoms with van der Waals surface area (Å²) in [4.78, 5) is 15.7. The fourth-order valence-electron chi connectivity index (χ4n) is 3.43. The van der Waals surface area contributed by atoms with Gasteiger partial charge in [0.1, 0.15) is 5.58 Å². The molecule has 0 radical (unpaired) electrons. The van der Waals surface area contributed by atoms with Crippen LogP contribution in [0.3, 0.4) is 0 Å². The maximum absolute atomic E-state index is 12.3. The van der Waals surface area contributed by atoms with E-state index in [2.05, 4.69) is 10.2 Å². The summed E-state index contributed by atoms with van der Waals surface area (Å²) in [5, 5.41) is 3.19. The number of nitrogens with one attached hydrogen (secondary N) is 1. The molecule has 2 aromatic rings. The van der Waals surface area contributed by atoms with Gasteiger partial charge in [-0.05, 0) is 37.7 Å². The van der Waals surface area contributed by atoms with Crippen molar-refractivity contribution in [2.45, 2.75) is 38.1 Å². The minimum atomic E-state index is 0.0499. The highest BCUT2D eigenvalue weighted by Crippen LogP contribution is 2.28. The molecule has 1 N–H and O–H groups in total. The molecule has 0 unspecified atom stereocenters. The third-order valence-electron chi connectivity index (χ3n) is 5.03. The smallest absolute Gasteiger partial charge is 0.261 e. The molecule has 1 saturated carbocycles. The normalized spacial score (nSPS) is 21.1. The fourth-order valence-corrected chi connectivity index (χ4v) is 4.32. The maximum Gasteiger partial charge on any atom is 0.261 e. The Labute approximate surface area is 134 Å². The number of furan rings is 1. The second-order valence-electron chi connectivity index (χ2n) is 6.61. The van der Waals surface area contributed by atoms with Crippen molar-refractivity contribution in [2.24, 2.45) is 5.92 Å². The topological polar surface area (TPSA) is 45.5 Å².